The van der Waals surface area contributed by atoms with Crippen molar-refractivity contribution in [1.29, 1.82) is 0 Å². The fraction of sp³-hybridized carbons (Fsp3) is 0.923. The maximum atomic E-state index is 12.2. The molecule has 18 heavy (non-hydrogen) atoms. The summed E-state index contributed by atoms with van der Waals surface area (Å²) in [7, 11) is 5.70. The summed E-state index contributed by atoms with van der Waals surface area (Å²) in [5, 5.41) is 0. The molecule has 0 aromatic heterocycles. The fourth-order valence-electron chi connectivity index (χ4n) is 1.61. The van der Waals surface area contributed by atoms with Gasteiger partial charge in [-0.1, -0.05) is 13.8 Å². The van der Waals surface area contributed by atoms with Crippen LogP contribution in [0.2, 0.25) is 0 Å². The van der Waals surface area contributed by atoms with Gasteiger partial charge in [-0.2, -0.15) is 0 Å². The van der Waals surface area contributed by atoms with E-state index in [0.29, 0.717) is 13.2 Å². The summed E-state index contributed by atoms with van der Waals surface area (Å²) in [5.41, 5.74) is 5.92. The van der Waals surface area contributed by atoms with E-state index >= 15 is 0 Å². The lowest BCUT2D eigenvalue weighted by Gasteiger charge is -2.27. The Morgan fingerprint density at radius 2 is 1.83 bits per heavy atom. The van der Waals surface area contributed by atoms with Gasteiger partial charge in [0.2, 0.25) is 5.91 Å². The third-order valence-electron chi connectivity index (χ3n) is 2.91. The van der Waals surface area contributed by atoms with E-state index in [4.69, 9.17) is 10.5 Å². The number of hydrogen-bond donors (Lipinski definition) is 1. The second kappa shape index (κ2) is 9.30. The van der Waals surface area contributed by atoms with E-state index in [2.05, 4.69) is 4.90 Å². The van der Waals surface area contributed by atoms with Crippen LogP contribution in [0.4, 0.5) is 0 Å². The minimum Gasteiger partial charge on any atom is -0.383 e. The van der Waals surface area contributed by atoms with Crippen LogP contribution in [0, 0.1) is 5.92 Å². The molecule has 1 amide bonds. The molecule has 0 aliphatic carbocycles. The highest BCUT2D eigenvalue weighted by atomic mass is 16.5. The smallest absolute Gasteiger partial charge is 0.239 e. The number of nitrogens with two attached hydrogens (primary N) is 1. The first kappa shape index (κ1) is 17.4. The number of ether oxygens (including phenoxy) is 1. The minimum absolute atomic E-state index is 0.0285. The van der Waals surface area contributed by atoms with E-state index in [0.717, 1.165) is 19.5 Å². The van der Waals surface area contributed by atoms with Crippen molar-refractivity contribution in [3.05, 3.63) is 0 Å². The Morgan fingerprint density at radius 3 is 2.28 bits per heavy atom. The molecule has 2 N–H and O–H groups in total. The molecular formula is C13H29N3O2. The van der Waals surface area contributed by atoms with Crippen LogP contribution < -0.4 is 5.73 Å². The Labute approximate surface area is 111 Å². The lowest BCUT2D eigenvalue weighted by molar-refractivity contribution is -0.134. The highest BCUT2D eigenvalue weighted by Crippen LogP contribution is 2.04. The van der Waals surface area contributed by atoms with Gasteiger partial charge in [0.25, 0.3) is 0 Å². The summed E-state index contributed by atoms with van der Waals surface area (Å²) in [6.07, 6.45) is 0.952. The first-order valence-corrected chi connectivity index (χ1v) is 6.58. The summed E-state index contributed by atoms with van der Waals surface area (Å²) < 4.78 is 5.05. The van der Waals surface area contributed by atoms with Crippen molar-refractivity contribution in [2.45, 2.75) is 26.3 Å². The number of carbonyl (C=O) groups is 1. The monoisotopic (exact) mass is 259 g/mol. The molecule has 5 heteroatoms. The van der Waals surface area contributed by atoms with Crippen molar-refractivity contribution in [3.63, 3.8) is 0 Å². The average molecular weight is 259 g/mol. The van der Waals surface area contributed by atoms with Crippen LogP contribution in [0.15, 0.2) is 0 Å². The normalized spacial score (nSPS) is 13.1. The highest BCUT2D eigenvalue weighted by Gasteiger charge is 2.22. The Kier molecular flexibility index (Phi) is 8.97. The summed E-state index contributed by atoms with van der Waals surface area (Å²) in [6.45, 7) is 6.81. The van der Waals surface area contributed by atoms with Gasteiger partial charge in [0, 0.05) is 20.2 Å². The third-order valence-corrected chi connectivity index (χ3v) is 2.91. The molecular weight excluding hydrogens is 230 g/mol. The van der Waals surface area contributed by atoms with E-state index < -0.39 is 6.04 Å². The molecule has 1 atom stereocenters. The van der Waals surface area contributed by atoms with Crippen LogP contribution in [0.25, 0.3) is 0 Å². The zero-order valence-electron chi connectivity index (χ0n) is 12.5. The molecule has 0 aliphatic heterocycles. The topological polar surface area (TPSA) is 58.8 Å². The van der Waals surface area contributed by atoms with Crippen molar-refractivity contribution < 1.29 is 9.53 Å². The molecule has 1 unspecified atom stereocenters. The molecule has 108 valence electrons. The molecule has 0 fully saturated rings. The first-order chi connectivity index (χ1) is 8.40. The molecule has 0 rings (SSSR count). The van der Waals surface area contributed by atoms with E-state index in [1.165, 1.54) is 0 Å². The largest absolute Gasteiger partial charge is 0.383 e. The first-order valence-electron chi connectivity index (χ1n) is 6.58. The van der Waals surface area contributed by atoms with Crippen molar-refractivity contribution >= 4 is 5.91 Å². The maximum absolute atomic E-state index is 12.2. The molecule has 0 saturated carbocycles. The van der Waals surface area contributed by atoms with Crippen LogP contribution >= 0.6 is 0 Å². The molecule has 0 aromatic rings. The van der Waals surface area contributed by atoms with Gasteiger partial charge in [0.1, 0.15) is 0 Å². The van der Waals surface area contributed by atoms with Gasteiger partial charge in [-0.05, 0) is 33.0 Å². The maximum Gasteiger partial charge on any atom is 0.239 e. The van der Waals surface area contributed by atoms with Gasteiger partial charge in [-0.25, -0.2) is 0 Å². The van der Waals surface area contributed by atoms with Gasteiger partial charge in [0.05, 0.1) is 12.6 Å². The Bertz CT molecular complexity index is 232. The number of nitrogens with zero attached hydrogens (tertiary/aromatic N) is 2. The molecule has 0 aromatic carbocycles. The Hall–Kier alpha value is -0.650. The number of hydrogen-bond acceptors (Lipinski definition) is 4. The molecule has 0 bridgehead atoms. The van der Waals surface area contributed by atoms with Gasteiger partial charge in [0.15, 0.2) is 0 Å². The van der Waals surface area contributed by atoms with Gasteiger partial charge in [-0.3, -0.25) is 4.79 Å². The second-order valence-electron chi connectivity index (χ2n) is 5.24. The lowest BCUT2D eigenvalue weighted by atomic mass is 10.0. The average Bonchev–Trinajstić information content (AvgIpc) is 2.31. The van der Waals surface area contributed by atoms with E-state index in [1.807, 2.05) is 32.8 Å². The molecule has 0 heterocycles. The van der Waals surface area contributed by atoms with E-state index in [9.17, 15) is 4.79 Å². The van der Waals surface area contributed by atoms with Crippen LogP contribution in [0.3, 0.4) is 0 Å². The van der Waals surface area contributed by atoms with Crippen molar-refractivity contribution in [2.24, 2.45) is 11.7 Å². The van der Waals surface area contributed by atoms with Crippen LogP contribution in [0.5, 0.6) is 0 Å². The molecule has 0 aliphatic rings. The lowest BCUT2D eigenvalue weighted by Crippen LogP contribution is -2.48. The Morgan fingerprint density at radius 1 is 1.22 bits per heavy atom. The molecule has 5 nitrogen and oxygen atoms in total. The Balaban J connectivity index is 4.32. The summed E-state index contributed by atoms with van der Waals surface area (Å²) in [6, 6.07) is -0.416. The van der Waals surface area contributed by atoms with Crippen LogP contribution in [-0.2, 0) is 9.53 Å². The fourth-order valence-corrected chi connectivity index (χ4v) is 1.61. The van der Waals surface area contributed by atoms with Gasteiger partial charge in [-0.15, -0.1) is 0 Å². The summed E-state index contributed by atoms with van der Waals surface area (Å²) >= 11 is 0. The molecule has 0 radical (unpaired) electrons. The van der Waals surface area contributed by atoms with Crippen LogP contribution in [-0.4, -0.2) is 69.2 Å². The summed E-state index contributed by atoms with van der Waals surface area (Å²) in [4.78, 5) is 16.1. The number of methoxy groups -OCH3 is 1. The highest BCUT2D eigenvalue weighted by molar-refractivity contribution is 5.81. The zero-order valence-corrected chi connectivity index (χ0v) is 12.5. The second-order valence-corrected chi connectivity index (χ2v) is 5.24. The van der Waals surface area contributed by atoms with Crippen molar-refractivity contribution in [1.82, 2.24) is 9.80 Å². The van der Waals surface area contributed by atoms with Gasteiger partial charge < -0.3 is 20.3 Å². The number of carbonyl (C=O) groups excluding carboxylic acids is 1. The molecule has 0 spiro atoms. The predicted molar refractivity (Wildman–Crippen MR) is 74.4 cm³/mol. The zero-order chi connectivity index (χ0) is 14.1. The molecule has 0 saturated heterocycles. The summed E-state index contributed by atoms with van der Waals surface area (Å²) in [5.74, 6) is 0.192. The van der Waals surface area contributed by atoms with Crippen molar-refractivity contribution in [2.75, 3.05) is 47.4 Å². The van der Waals surface area contributed by atoms with Crippen molar-refractivity contribution in [3.8, 4) is 0 Å². The van der Waals surface area contributed by atoms with Crippen LogP contribution in [0.1, 0.15) is 20.3 Å². The predicted octanol–water partition coefficient (Wildman–Crippen LogP) is 0.396. The standard InChI is InChI=1S/C13H29N3O2/c1-11(2)12(14)13(17)16(9-10-18-5)8-6-7-15(3)4/h11-12H,6-10,14H2,1-5H3. The quantitative estimate of drug-likeness (QED) is 0.651. The van der Waals surface area contributed by atoms with E-state index in [1.54, 1.807) is 7.11 Å². The van der Waals surface area contributed by atoms with E-state index in [-0.39, 0.29) is 11.8 Å². The third kappa shape index (κ3) is 6.93. The minimum atomic E-state index is -0.416. The number of rotatable bonds is 9. The van der Waals surface area contributed by atoms with Gasteiger partial charge >= 0.3 is 0 Å². The SMILES string of the molecule is COCCN(CCCN(C)C)C(=O)C(N)C(C)C. The number of amides is 1.